The van der Waals surface area contributed by atoms with E-state index in [-0.39, 0.29) is 55.9 Å². The molecule has 0 radical (unpaired) electrons. The molecule has 2 atom stereocenters. The molecule has 0 aliphatic carbocycles. The van der Waals surface area contributed by atoms with Crippen LogP contribution in [0.5, 0.6) is 0 Å². The van der Waals surface area contributed by atoms with Gasteiger partial charge in [-0.05, 0) is 87.9 Å². The van der Waals surface area contributed by atoms with Crippen molar-refractivity contribution in [2.24, 2.45) is 0 Å². The van der Waals surface area contributed by atoms with Crippen molar-refractivity contribution in [1.29, 1.82) is 0 Å². The Hall–Kier alpha value is -3.92. The third-order valence-corrected chi connectivity index (χ3v) is 16.0. The number of allylic oxidation sites excluding steroid dienone is 4. The number of rotatable bonds is 55. The number of hydrogen-bond donors (Lipinski definition) is 2. The van der Waals surface area contributed by atoms with E-state index in [1.165, 1.54) is 24.3 Å². The Morgan fingerprint density at radius 1 is 0.529 bits per heavy atom. The van der Waals surface area contributed by atoms with Gasteiger partial charge in [-0.25, -0.2) is 8.42 Å². The van der Waals surface area contributed by atoms with Gasteiger partial charge in [0.15, 0.2) is 12.3 Å². The summed E-state index contributed by atoms with van der Waals surface area (Å²) in [6, 6.07) is 8.98. The number of carbonyl (C=O) groups is 1. The molecule has 2 aliphatic rings. The number of methoxy groups -OCH3 is 3. The molecule has 87 heavy (non-hydrogen) atoms. The Labute approximate surface area is 514 Å². The SMILES string of the molecule is COCCOCCOCCOCCN1C(=CC=CC2=[N+](CCOCCCCCOCCOCCC(=O)O)c3ccc(S(=O)(=O)[O-])cc3C2(C)CCOCCOCCOCCOC)C(C)(CCOCCOCCOCCOC)c2cc(S(=O)(=O)O)ccc21. The lowest BCUT2D eigenvalue weighted by molar-refractivity contribution is -0.442. The van der Waals surface area contributed by atoms with E-state index in [1.54, 1.807) is 33.5 Å². The molecule has 0 bridgehead atoms. The van der Waals surface area contributed by atoms with Crippen molar-refractivity contribution in [1.82, 2.24) is 0 Å². The molecule has 0 saturated heterocycles. The average Bonchev–Trinajstić information content (AvgIpc) is 1.61. The molecule has 0 fully saturated rings. The number of hydrogen-bond acceptors (Lipinski definition) is 22. The van der Waals surface area contributed by atoms with Gasteiger partial charge in [0.05, 0.1) is 167 Å². The number of benzene rings is 2. The minimum absolute atomic E-state index is 0.0590. The van der Waals surface area contributed by atoms with Gasteiger partial charge in [0.1, 0.15) is 16.7 Å². The summed E-state index contributed by atoms with van der Waals surface area (Å²) in [6.07, 6.45) is 8.93. The first-order valence-corrected chi connectivity index (χ1v) is 32.5. The lowest BCUT2D eigenvalue weighted by Gasteiger charge is -2.30. The first-order valence-electron chi connectivity index (χ1n) is 29.7. The molecule has 2 unspecified atom stereocenters. The Balaban J connectivity index is 1.68. The number of ether oxygens (including phenoxy) is 15. The zero-order valence-corrected chi connectivity index (χ0v) is 53.3. The second-order valence-electron chi connectivity index (χ2n) is 20.6. The van der Waals surface area contributed by atoms with Crippen molar-refractivity contribution < 1.29 is 111 Å². The van der Waals surface area contributed by atoms with Gasteiger partial charge < -0.3 is 85.6 Å². The monoisotopic (exact) mass is 1280 g/mol. The van der Waals surface area contributed by atoms with Gasteiger partial charge in [0.25, 0.3) is 10.1 Å². The largest absolute Gasteiger partial charge is 0.744 e. The quantitative estimate of drug-likeness (QED) is 0.0502. The number of anilines is 1. The van der Waals surface area contributed by atoms with Crippen molar-refractivity contribution in [2.75, 3.05) is 218 Å². The normalized spacial score (nSPS) is 17.4. The number of unbranched alkanes of at least 4 members (excludes halogenated alkanes) is 2. The molecule has 2 aliphatic heterocycles. The summed E-state index contributed by atoms with van der Waals surface area (Å²) in [7, 11) is -4.67. The molecular weight excluding hydrogens is 1180 g/mol. The van der Waals surface area contributed by atoms with Crippen molar-refractivity contribution in [2.45, 2.75) is 73.0 Å². The molecule has 2 aromatic rings. The smallest absolute Gasteiger partial charge is 0.305 e. The van der Waals surface area contributed by atoms with Crippen molar-refractivity contribution >= 4 is 43.3 Å². The van der Waals surface area contributed by atoms with E-state index in [9.17, 15) is 30.7 Å². The van der Waals surface area contributed by atoms with Gasteiger partial charge in [-0.2, -0.15) is 13.0 Å². The van der Waals surface area contributed by atoms with Crippen LogP contribution in [0.1, 0.15) is 63.5 Å². The zero-order valence-electron chi connectivity index (χ0n) is 51.6. The van der Waals surface area contributed by atoms with Gasteiger partial charge in [-0.15, -0.1) is 0 Å². The molecule has 0 aromatic heterocycles. The van der Waals surface area contributed by atoms with E-state index in [0.717, 1.165) is 30.7 Å². The second-order valence-corrected chi connectivity index (χ2v) is 23.4. The zero-order chi connectivity index (χ0) is 63.1. The number of fused-ring (bicyclic) bond motifs is 2. The van der Waals surface area contributed by atoms with Gasteiger partial charge in [0.2, 0.25) is 5.69 Å². The van der Waals surface area contributed by atoms with E-state index in [0.29, 0.717) is 187 Å². The maximum Gasteiger partial charge on any atom is 0.305 e. The maximum absolute atomic E-state index is 12.8. The second kappa shape index (κ2) is 43.0. The molecular formula is C60H96N2O23S2. The van der Waals surface area contributed by atoms with Crippen LogP contribution < -0.4 is 4.90 Å². The summed E-state index contributed by atoms with van der Waals surface area (Å²) < 4.78 is 160. The standard InChI is InChI=1S/C60H96N2O23S2/c1-59(17-24-77-36-39-83-45-42-80-31-28-71-3)52-48-50(86(65,66)67)12-14-54(52)61(19-26-74-21-7-6-8-22-75-34-35-76-23-16-58(63)64)56(59)10-9-11-57-60(2,18-25-78-37-40-84-46-43-81-32-29-72-4)53-49-51(87(68,69)70)13-15-55(53)62(57)20-27-79-38-41-85-47-44-82-33-30-73-5/h9-15,48-49H,6-8,16-47H2,1-5H3,(H2-,63,64,65,66,67,68,69,70). The summed E-state index contributed by atoms with van der Waals surface area (Å²) in [5.41, 5.74) is 2.37. The predicted octanol–water partition coefficient (Wildman–Crippen LogP) is 4.98. The number of carboxylic acids is 1. The fourth-order valence-corrected chi connectivity index (χ4v) is 10.7. The summed E-state index contributed by atoms with van der Waals surface area (Å²) in [4.78, 5) is 12.1. The third kappa shape index (κ3) is 27.6. The lowest BCUT2D eigenvalue weighted by atomic mass is 9.76. The predicted molar refractivity (Wildman–Crippen MR) is 321 cm³/mol. The van der Waals surface area contributed by atoms with E-state index >= 15 is 0 Å². The molecule has 2 heterocycles. The molecule has 496 valence electrons. The fraction of sp³-hybridized carbons (Fsp3) is 0.700. The van der Waals surface area contributed by atoms with Crippen molar-refractivity contribution in [3.8, 4) is 0 Å². The number of nitrogens with zero attached hydrogens (tertiary/aromatic N) is 2. The summed E-state index contributed by atoms with van der Waals surface area (Å²) in [5.74, 6) is -0.915. The van der Waals surface area contributed by atoms with Crippen LogP contribution in [-0.2, 0) is 107 Å². The van der Waals surface area contributed by atoms with Gasteiger partial charge in [-0.3, -0.25) is 9.35 Å². The third-order valence-electron chi connectivity index (χ3n) is 14.4. The Kier molecular flexibility index (Phi) is 37.3. The molecule has 0 spiro atoms. The molecule has 27 heteroatoms. The van der Waals surface area contributed by atoms with Crippen LogP contribution in [0.25, 0.3) is 0 Å². The van der Waals surface area contributed by atoms with Crippen LogP contribution in [0.15, 0.2) is 70.1 Å². The maximum atomic E-state index is 12.8. The van der Waals surface area contributed by atoms with E-state index in [1.807, 2.05) is 32.1 Å². The van der Waals surface area contributed by atoms with Crippen LogP contribution in [0, 0.1) is 0 Å². The molecule has 0 amide bonds. The summed E-state index contributed by atoms with van der Waals surface area (Å²) in [5, 5.41) is 8.78. The van der Waals surface area contributed by atoms with Gasteiger partial charge in [0, 0.05) is 88.8 Å². The minimum atomic E-state index is -4.87. The molecule has 4 rings (SSSR count). The van der Waals surface area contributed by atoms with E-state index in [2.05, 4.69) is 9.48 Å². The van der Waals surface area contributed by atoms with E-state index < -0.39 is 37.0 Å². The van der Waals surface area contributed by atoms with Crippen molar-refractivity contribution in [3.63, 3.8) is 0 Å². The van der Waals surface area contributed by atoms with Crippen LogP contribution in [0.4, 0.5) is 11.4 Å². The Bertz CT molecular complexity index is 2590. The average molecular weight is 1280 g/mol. The van der Waals surface area contributed by atoms with Crippen LogP contribution in [0.2, 0.25) is 0 Å². The van der Waals surface area contributed by atoms with Crippen LogP contribution >= 0.6 is 0 Å². The van der Waals surface area contributed by atoms with E-state index in [4.69, 9.17) is 76.2 Å². The topological polar surface area (TPSA) is 294 Å². The highest BCUT2D eigenvalue weighted by atomic mass is 32.2. The highest BCUT2D eigenvalue weighted by Crippen LogP contribution is 2.51. The molecule has 2 aromatic carbocycles. The molecule has 25 nitrogen and oxygen atoms in total. The first-order chi connectivity index (χ1) is 42.0. The summed E-state index contributed by atoms with van der Waals surface area (Å²) in [6.45, 7) is 14.5. The van der Waals surface area contributed by atoms with Gasteiger partial charge >= 0.3 is 5.97 Å². The van der Waals surface area contributed by atoms with Crippen LogP contribution in [-0.4, -0.2) is 260 Å². The van der Waals surface area contributed by atoms with Crippen LogP contribution in [0.3, 0.4) is 0 Å². The Morgan fingerprint density at radius 3 is 1.44 bits per heavy atom. The fourth-order valence-electron chi connectivity index (χ4n) is 9.70. The van der Waals surface area contributed by atoms with Crippen molar-refractivity contribution in [3.05, 3.63) is 71.5 Å². The molecule has 2 N–H and O–H groups in total. The highest BCUT2D eigenvalue weighted by molar-refractivity contribution is 7.86. The lowest BCUT2D eigenvalue weighted by Crippen LogP contribution is -2.34. The number of carboxylic acid groups (broad SMARTS) is 1. The van der Waals surface area contributed by atoms with Gasteiger partial charge in [-0.1, -0.05) is 6.08 Å². The number of aliphatic carboxylic acids is 1. The Morgan fingerprint density at radius 2 is 0.954 bits per heavy atom. The molecule has 0 saturated carbocycles. The first kappa shape index (κ1) is 75.5. The minimum Gasteiger partial charge on any atom is -0.744 e. The highest BCUT2D eigenvalue weighted by Gasteiger charge is 2.48. The summed E-state index contributed by atoms with van der Waals surface area (Å²) >= 11 is 0.